The Morgan fingerprint density at radius 2 is 2.33 bits per heavy atom. The van der Waals surface area contributed by atoms with E-state index in [0.29, 0.717) is 0 Å². The first kappa shape index (κ1) is 9.13. The maximum Gasteiger partial charge on any atom is 0.0472 e. The number of likely N-dealkylation sites (N-methyl/N-ethyl adjacent to an activating group) is 1. The van der Waals surface area contributed by atoms with Gasteiger partial charge in [-0.05, 0) is 13.5 Å². The van der Waals surface area contributed by atoms with Crippen molar-refractivity contribution in [2.75, 3.05) is 26.7 Å². The third-order valence-electron chi connectivity index (χ3n) is 1.71. The minimum atomic E-state index is 0.852. The zero-order valence-electron chi connectivity index (χ0n) is 7.53. The number of aliphatic imine (C=N–C) groups is 2. The lowest BCUT2D eigenvalue weighted by atomic mass is 10.3. The third kappa shape index (κ3) is 3.44. The van der Waals surface area contributed by atoms with Crippen molar-refractivity contribution in [3.63, 3.8) is 0 Å². The van der Waals surface area contributed by atoms with Crippen molar-refractivity contribution in [2.24, 2.45) is 9.98 Å². The molecule has 0 unspecified atom stereocenters. The molecule has 0 saturated carbocycles. The van der Waals surface area contributed by atoms with E-state index < -0.39 is 0 Å². The average Bonchev–Trinajstić information content (AvgIpc) is 2.02. The smallest absolute Gasteiger partial charge is 0.0472 e. The van der Waals surface area contributed by atoms with E-state index in [4.69, 9.17) is 0 Å². The highest BCUT2D eigenvalue weighted by Crippen LogP contribution is 1.97. The summed E-state index contributed by atoms with van der Waals surface area (Å²) in [5.41, 5.74) is 0.894. The molecular formula is C9H15N3. The maximum atomic E-state index is 4.16. The van der Waals surface area contributed by atoms with Gasteiger partial charge in [0.2, 0.25) is 0 Å². The molecule has 0 aromatic rings. The summed E-state index contributed by atoms with van der Waals surface area (Å²) in [5, 5.41) is 0. The second kappa shape index (κ2) is 4.83. The summed E-state index contributed by atoms with van der Waals surface area (Å²) in [5.74, 6) is 0. The fourth-order valence-corrected chi connectivity index (χ4v) is 1.12. The highest BCUT2D eigenvalue weighted by molar-refractivity contribution is 6.16. The molecule has 0 aromatic heterocycles. The Kier molecular flexibility index (Phi) is 3.67. The van der Waals surface area contributed by atoms with Crippen molar-refractivity contribution in [1.82, 2.24) is 4.90 Å². The maximum absolute atomic E-state index is 4.16. The van der Waals surface area contributed by atoms with Gasteiger partial charge >= 0.3 is 0 Å². The Hall–Kier alpha value is -0.960. The molecule has 0 fully saturated rings. The van der Waals surface area contributed by atoms with E-state index in [0.717, 1.165) is 31.8 Å². The van der Waals surface area contributed by atoms with Crippen LogP contribution < -0.4 is 0 Å². The van der Waals surface area contributed by atoms with E-state index >= 15 is 0 Å². The third-order valence-corrected chi connectivity index (χ3v) is 1.71. The SMILES string of the molecule is C=C1CN(C)CCC/N=C\C=N/1. The second-order valence-electron chi connectivity index (χ2n) is 2.99. The van der Waals surface area contributed by atoms with Crippen LogP contribution in [0.25, 0.3) is 0 Å². The molecule has 0 saturated heterocycles. The molecule has 0 bridgehead atoms. The Morgan fingerprint density at radius 3 is 3.17 bits per heavy atom. The van der Waals surface area contributed by atoms with Crippen LogP contribution in [0.15, 0.2) is 22.3 Å². The summed E-state index contributed by atoms with van der Waals surface area (Å²) >= 11 is 0. The topological polar surface area (TPSA) is 28.0 Å². The summed E-state index contributed by atoms with van der Waals surface area (Å²) in [6.07, 6.45) is 4.56. The monoisotopic (exact) mass is 165 g/mol. The molecule has 0 atom stereocenters. The van der Waals surface area contributed by atoms with Gasteiger partial charge in [-0.1, -0.05) is 6.58 Å². The molecule has 0 aliphatic carbocycles. The molecule has 1 aliphatic rings. The Bertz CT molecular complexity index is 206. The van der Waals surface area contributed by atoms with E-state index in [1.165, 1.54) is 0 Å². The first-order chi connectivity index (χ1) is 5.79. The van der Waals surface area contributed by atoms with Crippen molar-refractivity contribution in [1.29, 1.82) is 0 Å². The summed E-state index contributed by atoms with van der Waals surface area (Å²) in [4.78, 5) is 10.5. The predicted octanol–water partition coefficient (Wildman–Crippen LogP) is 0.977. The average molecular weight is 165 g/mol. The minimum Gasteiger partial charge on any atom is -0.301 e. The van der Waals surface area contributed by atoms with Gasteiger partial charge in [0.05, 0.1) is 0 Å². The van der Waals surface area contributed by atoms with Crippen LogP contribution in [0.1, 0.15) is 6.42 Å². The van der Waals surface area contributed by atoms with Gasteiger partial charge in [-0.25, -0.2) is 0 Å². The van der Waals surface area contributed by atoms with Crippen LogP contribution in [0.3, 0.4) is 0 Å². The highest BCUT2D eigenvalue weighted by atomic mass is 15.1. The largest absolute Gasteiger partial charge is 0.301 e. The molecule has 0 aromatic carbocycles. The van der Waals surface area contributed by atoms with Crippen molar-refractivity contribution in [3.8, 4) is 0 Å². The van der Waals surface area contributed by atoms with Gasteiger partial charge < -0.3 is 4.90 Å². The summed E-state index contributed by atoms with van der Waals surface area (Å²) in [7, 11) is 2.08. The molecule has 66 valence electrons. The van der Waals surface area contributed by atoms with Crippen LogP contribution in [0.4, 0.5) is 0 Å². The fourth-order valence-electron chi connectivity index (χ4n) is 1.12. The zero-order valence-corrected chi connectivity index (χ0v) is 7.53. The Labute approximate surface area is 73.5 Å². The molecule has 0 radical (unpaired) electrons. The normalized spacial score (nSPS) is 26.6. The molecule has 12 heavy (non-hydrogen) atoms. The van der Waals surface area contributed by atoms with E-state index in [9.17, 15) is 0 Å². The molecule has 0 spiro atoms. The first-order valence-corrected chi connectivity index (χ1v) is 4.18. The standard InChI is InChI=1S/C9H15N3/c1-9-8-12(2)7-3-4-10-5-6-11-9/h5-6H,1,3-4,7-8H2,2H3/b10-5-,11-6-. The molecular weight excluding hydrogens is 150 g/mol. The quantitative estimate of drug-likeness (QED) is 0.526. The Balaban J connectivity index is 2.53. The molecule has 0 amide bonds. The molecule has 0 N–H and O–H groups in total. The van der Waals surface area contributed by atoms with Crippen LogP contribution >= 0.6 is 0 Å². The number of rotatable bonds is 0. The van der Waals surface area contributed by atoms with E-state index in [1.807, 2.05) is 0 Å². The van der Waals surface area contributed by atoms with Gasteiger partial charge in [0.15, 0.2) is 0 Å². The predicted molar refractivity (Wildman–Crippen MR) is 53.1 cm³/mol. The van der Waals surface area contributed by atoms with E-state index in [-0.39, 0.29) is 0 Å². The zero-order chi connectivity index (χ0) is 8.81. The van der Waals surface area contributed by atoms with Crippen molar-refractivity contribution < 1.29 is 0 Å². The van der Waals surface area contributed by atoms with Gasteiger partial charge in [-0.3, -0.25) is 9.98 Å². The van der Waals surface area contributed by atoms with E-state index in [2.05, 4.69) is 28.5 Å². The van der Waals surface area contributed by atoms with Gasteiger partial charge in [-0.15, -0.1) is 0 Å². The van der Waals surface area contributed by atoms with Crippen molar-refractivity contribution in [2.45, 2.75) is 6.42 Å². The van der Waals surface area contributed by atoms with Crippen LogP contribution in [0.5, 0.6) is 0 Å². The van der Waals surface area contributed by atoms with E-state index in [1.54, 1.807) is 12.4 Å². The van der Waals surface area contributed by atoms with Crippen LogP contribution in [0, 0.1) is 0 Å². The molecule has 1 heterocycles. The number of hydrogen-bond acceptors (Lipinski definition) is 3. The lowest BCUT2D eigenvalue weighted by molar-refractivity contribution is 0.358. The molecule has 3 heteroatoms. The van der Waals surface area contributed by atoms with Crippen molar-refractivity contribution >= 4 is 12.4 Å². The minimum absolute atomic E-state index is 0.852. The first-order valence-electron chi connectivity index (χ1n) is 4.18. The van der Waals surface area contributed by atoms with Gasteiger partial charge in [0, 0.05) is 37.8 Å². The molecule has 1 rings (SSSR count). The lowest BCUT2D eigenvalue weighted by Gasteiger charge is -2.15. The van der Waals surface area contributed by atoms with Gasteiger partial charge in [-0.2, -0.15) is 0 Å². The molecule has 3 nitrogen and oxygen atoms in total. The van der Waals surface area contributed by atoms with Crippen LogP contribution in [0.2, 0.25) is 0 Å². The fraction of sp³-hybridized carbons (Fsp3) is 0.556. The number of hydrogen-bond donors (Lipinski definition) is 0. The second-order valence-corrected chi connectivity index (χ2v) is 2.99. The lowest BCUT2D eigenvalue weighted by Crippen LogP contribution is -2.22. The summed E-state index contributed by atoms with van der Waals surface area (Å²) in [6, 6.07) is 0. The highest BCUT2D eigenvalue weighted by Gasteiger charge is 1.99. The molecule has 1 aliphatic heterocycles. The van der Waals surface area contributed by atoms with Crippen LogP contribution in [-0.4, -0.2) is 44.0 Å². The van der Waals surface area contributed by atoms with Gasteiger partial charge in [0.25, 0.3) is 0 Å². The summed E-state index contributed by atoms with van der Waals surface area (Å²) in [6.45, 7) is 6.64. The van der Waals surface area contributed by atoms with Crippen LogP contribution in [-0.2, 0) is 0 Å². The summed E-state index contributed by atoms with van der Waals surface area (Å²) < 4.78 is 0. The number of nitrogens with zero attached hydrogens (tertiary/aromatic N) is 3. The Morgan fingerprint density at radius 1 is 1.50 bits per heavy atom. The van der Waals surface area contributed by atoms with Crippen molar-refractivity contribution in [3.05, 3.63) is 12.3 Å². The van der Waals surface area contributed by atoms with Gasteiger partial charge in [0.1, 0.15) is 0 Å².